The summed E-state index contributed by atoms with van der Waals surface area (Å²) in [7, 11) is 0. The van der Waals surface area contributed by atoms with Crippen LogP contribution >= 0.6 is 11.3 Å². The van der Waals surface area contributed by atoms with Crippen LogP contribution in [0.1, 0.15) is 31.5 Å². The molecular formula is C10H16F2N2S. The lowest BCUT2D eigenvalue weighted by atomic mass is 9.98. The summed E-state index contributed by atoms with van der Waals surface area (Å²) in [6, 6.07) is 0. The summed E-state index contributed by atoms with van der Waals surface area (Å²) < 4.78 is 23.7. The Morgan fingerprint density at radius 1 is 1.47 bits per heavy atom. The first kappa shape index (κ1) is 12.5. The fraction of sp³-hybridized carbons (Fsp3) is 0.700. The summed E-state index contributed by atoms with van der Waals surface area (Å²) in [6.07, 6.45) is -2.30. The summed E-state index contributed by atoms with van der Waals surface area (Å²) >= 11 is 1.58. The molecular weight excluding hydrogens is 218 g/mol. The molecule has 0 amide bonds. The maximum Gasteiger partial charge on any atom is 0.250 e. The van der Waals surface area contributed by atoms with Crippen molar-refractivity contribution in [3.05, 3.63) is 16.1 Å². The number of thiazole rings is 1. The first-order chi connectivity index (χ1) is 6.89. The molecule has 1 aromatic rings. The van der Waals surface area contributed by atoms with Gasteiger partial charge in [-0.2, -0.15) is 0 Å². The molecule has 0 aliphatic rings. The molecule has 1 heterocycles. The zero-order chi connectivity index (χ0) is 11.5. The molecule has 15 heavy (non-hydrogen) atoms. The van der Waals surface area contributed by atoms with E-state index in [1.165, 1.54) is 0 Å². The minimum Gasteiger partial charge on any atom is -0.306 e. The van der Waals surface area contributed by atoms with Crippen LogP contribution in [0.5, 0.6) is 0 Å². The van der Waals surface area contributed by atoms with Gasteiger partial charge in [0.25, 0.3) is 6.43 Å². The van der Waals surface area contributed by atoms with Gasteiger partial charge in [0.15, 0.2) is 0 Å². The molecule has 2 nitrogen and oxygen atoms in total. The smallest absolute Gasteiger partial charge is 0.250 e. The van der Waals surface area contributed by atoms with E-state index in [2.05, 4.69) is 31.1 Å². The van der Waals surface area contributed by atoms with Gasteiger partial charge in [-0.15, -0.1) is 11.3 Å². The maximum absolute atomic E-state index is 11.9. The normalized spacial score (nSPS) is 12.4. The van der Waals surface area contributed by atoms with E-state index >= 15 is 0 Å². The van der Waals surface area contributed by atoms with Crippen LogP contribution in [0, 0.1) is 0 Å². The fourth-order valence-electron chi connectivity index (χ4n) is 1.04. The number of hydrogen-bond acceptors (Lipinski definition) is 3. The molecule has 0 unspecified atom stereocenters. The van der Waals surface area contributed by atoms with Gasteiger partial charge in [-0.05, 0) is 0 Å². The van der Waals surface area contributed by atoms with Crippen molar-refractivity contribution in [2.45, 2.75) is 39.2 Å². The van der Waals surface area contributed by atoms with Crippen LogP contribution in [0.15, 0.2) is 5.38 Å². The Balaban J connectivity index is 2.47. The SMILES string of the molecule is CC(C)(C)c1nc(CNCC(F)F)cs1. The van der Waals surface area contributed by atoms with Gasteiger partial charge in [0.2, 0.25) is 0 Å². The van der Waals surface area contributed by atoms with Crippen LogP contribution in [0.3, 0.4) is 0 Å². The van der Waals surface area contributed by atoms with Crippen LogP contribution in [0.2, 0.25) is 0 Å². The molecule has 0 atom stereocenters. The number of hydrogen-bond donors (Lipinski definition) is 1. The van der Waals surface area contributed by atoms with E-state index in [4.69, 9.17) is 0 Å². The number of rotatable bonds is 4. The van der Waals surface area contributed by atoms with E-state index in [-0.39, 0.29) is 12.0 Å². The summed E-state index contributed by atoms with van der Waals surface area (Å²) in [5, 5.41) is 5.61. The van der Waals surface area contributed by atoms with E-state index in [9.17, 15) is 8.78 Å². The minimum atomic E-state index is -2.30. The predicted molar refractivity (Wildman–Crippen MR) is 58.5 cm³/mol. The van der Waals surface area contributed by atoms with Crippen LogP contribution < -0.4 is 5.32 Å². The molecule has 0 radical (unpaired) electrons. The summed E-state index contributed by atoms with van der Waals surface area (Å²) in [5.74, 6) is 0. The number of halogens is 2. The lowest BCUT2D eigenvalue weighted by molar-refractivity contribution is 0.145. The van der Waals surface area contributed by atoms with Crippen molar-refractivity contribution in [2.75, 3.05) is 6.54 Å². The van der Waals surface area contributed by atoms with Crippen LogP contribution in [0.4, 0.5) is 8.78 Å². The highest BCUT2D eigenvalue weighted by Gasteiger charge is 2.17. The molecule has 0 aliphatic heterocycles. The van der Waals surface area contributed by atoms with Gasteiger partial charge in [0, 0.05) is 17.3 Å². The van der Waals surface area contributed by atoms with Gasteiger partial charge in [-0.25, -0.2) is 13.8 Å². The highest BCUT2D eigenvalue weighted by Crippen LogP contribution is 2.25. The topological polar surface area (TPSA) is 24.9 Å². The van der Waals surface area contributed by atoms with Gasteiger partial charge in [-0.1, -0.05) is 20.8 Å². The summed E-state index contributed by atoms with van der Waals surface area (Å²) in [4.78, 5) is 4.39. The van der Waals surface area contributed by atoms with Crippen molar-refractivity contribution >= 4 is 11.3 Å². The lowest BCUT2D eigenvalue weighted by Gasteiger charge is -2.13. The predicted octanol–water partition coefficient (Wildman–Crippen LogP) is 2.80. The Kier molecular flexibility index (Phi) is 4.16. The molecule has 1 aromatic heterocycles. The molecule has 5 heteroatoms. The minimum absolute atomic E-state index is 0.0334. The van der Waals surface area contributed by atoms with E-state index in [1.54, 1.807) is 11.3 Å². The number of nitrogens with one attached hydrogen (secondary N) is 1. The average molecular weight is 234 g/mol. The molecule has 0 bridgehead atoms. The fourth-order valence-corrected chi connectivity index (χ4v) is 1.95. The van der Waals surface area contributed by atoms with E-state index in [0.29, 0.717) is 6.54 Å². The number of aromatic nitrogens is 1. The third-order valence-electron chi connectivity index (χ3n) is 1.80. The Morgan fingerprint density at radius 3 is 2.60 bits per heavy atom. The Bertz CT molecular complexity index is 305. The monoisotopic (exact) mass is 234 g/mol. The Labute approximate surface area is 92.7 Å². The van der Waals surface area contributed by atoms with Crippen LogP contribution in [0.25, 0.3) is 0 Å². The highest BCUT2D eigenvalue weighted by molar-refractivity contribution is 7.09. The van der Waals surface area contributed by atoms with Gasteiger partial charge in [0.1, 0.15) is 0 Å². The number of nitrogens with zero attached hydrogens (tertiary/aromatic N) is 1. The quantitative estimate of drug-likeness (QED) is 0.866. The third-order valence-corrected chi connectivity index (χ3v) is 3.11. The van der Waals surface area contributed by atoms with Crippen molar-refractivity contribution in [3.63, 3.8) is 0 Å². The molecule has 0 saturated heterocycles. The lowest BCUT2D eigenvalue weighted by Crippen LogP contribution is -2.21. The van der Waals surface area contributed by atoms with Crippen LogP contribution in [-0.4, -0.2) is 18.0 Å². The molecule has 86 valence electrons. The average Bonchev–Trinajstić information content (AvgIpc) is 2.51. The molecule has 0 aliphatic carbocycles. The van der Waals surface area contributed by atoms with Gasteiger partial charge >= 0.3 is 0 Å². The Hall–Kier alpha value is -0.550. The molecule has 0 saturated carbocycles. The van der Waals surface area contributed by atoms with Crippen molar-refractivity contribution in [2.24, 2.45) is 0 Å². The zero-order valence-corrected chi connectivity index (χ0v) is 10.00. The summed E-state index contributed by atoms with van der Waals surface area (Å²) in [6.45, 7) is 6.39. The Morgan fingerprint density at radius 2 is 2.13 bits per heavy atom. The van der Waals surface area contributed by atoms with Crippen molar-refractivity contribution in [3.8, 4) is 0 Å². The second-order valence-corrected chi connectivity index (χ2v) is 5.27. The van der Waals surface area contributed by atoms with Crippen molar-refractivity contribution < 1.29 is 8.78 Å². The molecule has 1 N–H and O–H groups in total. The molecule has 1 rings (SSSR count). The maximum atomic E-state index is 11.9. The second kappa shape index (κ2) is 4.99. The van der Waals surface area contributed by atoms with E-state index < -0.39 is 6.43 Å². The van der Waals surface area contributed by atoms with Crippen molar-refractivity contribution in [1.29, 1.82) is 0 Å². The highest BCUT2D eigenvalue weighted by atomic mass is 32.1. The van der Waals surface area contributed by atoms with Gasteiger partial charge in [-0.3, -0.25) is 0 Å². The largest absolute Gasteiger partial charge is 0.306 e. The molecule has 0 fully saturated rings. The third kappa shape index (κ3) is 4.22. The van der Waals surface area contributed by atoms with Crippen LogP contribution in [-0.2, 0) is 12.0 Å². The van der Waals surface area contributed by atoms with Gasteiger partial charge < -0.3 is 5.32 Å². The molecule has 0 spiro atoms. The van der Waals surface area contributed by atoms with Crippen molar-refractivity contribution in [1.82, 2.24) is 10.3 Å². The van der Waals surface area contributed by atoms with E-state index in [0.717, 1.165) is 10.7 Å². The van der Waals surface area contributed by atoms with E-state index in [1.807, 2.05) is 5.38 Å². The standard InChI is InChI=1S/C10H16F2N2S/c1-10(2,3)9-14-7(6-15-9)4-13-5-8(11)12/h6,8,13H,4-5H2,1-3H3. The summed E-state index contributed by atoms with van der Waals surface area (Å²) in [5.41, 5.74) is 0.872. The first-order valence-corrected chi connectivity index (χ1v) is 5.71. The zero-order valence-electron chi connectivity index (χ0n) is 9.18. The first-order valence-electron chi connectivity index (χ1n) is 4.83. The second-order valence-electron chi connectivity index (χ2n) is 4.42. The number of alkyl halides is 2. The molecule has 0 aromatic carbocycles. The van der Waals surface area contributed by atoms with Gasteiger partial charge in [0.05, 0.1) is 17.2 Å².